The summed E-state index contributed by atoms with van der Waals surface area (Å²) in [6.45, 7) is 4.20. The summed E-state index contributed by atoms with van der Waals surface area (Å²) in [6.07, 6.45) is -0.286. The summed E-state index contributed by atoms with van der Waals surface area (Å²) >= 11 is 0. The number of carbonyl (C=O) groups excluding carboxylic acids is 3. The maximum absolute atomic E-state index is 13.6. The molecule has 2 saturated heterocycles. The number of amides is 2. The summed E-state index contributed by atoms with van der Waals surface area (Å²) < 4.78 is 10.3. The van der Waals surface area contributed by atoms with Crippen LogP contribution in [0.15, 0.2) is 42.5 Å². The lowest BCUT2D eigenvalue weighted by molar-refractivity contribution is -0.157. The standard InChI is InChI=1S/C29H37N5O8/c1-3-41-29(39)42-34-15-13-32(14-16-34)28(38)23(9-10-26(35)36)31-27(37)25-18-21(33-12-11-22(19-33)40-2)17-24(30-25)20-7-5-4-6-8-20/h4-8,17-18,22-23H,3,9-16,19H2,1-2H3,(H,31,37)(H,35,36)/t22-,23-/m0/s1. The summed E-state index contributed by atoms with van der Waals surface area (Å²) in [4.78, 5) is 63.4. The zero-order valence-corrected chi connectivity index (χ0v) is 23.9. The number of piperazine rings is 1. The van der Waals surface area contributed by atoms with Gasteiger partial charge in [-0.1, -0.05) is 30.3 Å². The Bertz CT molecular complexity index is 1250. The van der Waals surface area contributed by atoms with Crippen molar-refractivity contribution >= 4 is 29.6 Å². The fraction of sp³-hybridized carbons (Fsp3) is 0.483. The zero-order valence-electron chi connectivity index (χ0n) is 23.9. The molecule has 2 aromatic rings. The number of aliphatic carboxylic acids is 1. The van der Waals surface area contributed by atoms with Gasteiger partial charge in [-0.25, -0.2) is 9.78 Å². The van der Waals surface area contributed by atoms with E-state index < -0.39 is 30.0 Å². The molecule has 0 radical (unpaired) electrons. The Morgan fingerprint density at radius 2 is 1.81 bits per heavy atom. The van der Waals surface area contributed by atoms with Gasteiger partial charge in [0.2, 0.25) is 5.91 Å². The van der Waals surface area contributed by atoms with Gasteiger partial charge in [-0.05, 0) is 31.9 Å². The number of nitrogens with one attached hydrogen (secondary N) is 1. The number of benzene rings is 1. The number of nitrogens with zero attached hydrogens (tertiary/aromatic N) is 4. The molecule has 1 aromatic carbocycles. The van der Waals surface area contributed by atoms with E-state index >= 15 is 0 Å². The molecule has 226 valence electrons. The summed E-state index contributed by atoms with van der Waals surface area (Å²) in [5, 5.41) is 13.4. The molecular formula is C29H37N5O8. The van der Waals surface area contributed by atoms with Gasteiger partial charge in [0.1, 0.15) is 11.7 Å². The predicted molar refractivity (Wildman–Crippen MR) is 152 cm³/mol. The summed E-state index contributed by atoms with van der Waals surface area (Å²) in [7, 11) is 1.68. The van der Waals surface area contributed by atoms with Crippen LogP contribution >= 0.6 is 0 Å². The van der Waals surface area contributed by atoms with E-state index in [1.165, 1.54) is 9.96 Å². The minimum atomic E-state index is -1.08. The number of aromatic nitrogens is 1. The quantitative estimate of drug-likeness (QED) is 0.375. The monoisotopic (exact) mass is 583 g/mol. The molecule has 0 saturated carbocycles. The third kappa shape index (κ3) is 8.17. The number of carboxylic acid groups (broad SMARTS) is 1. The first-order valence-electron chi connectivity index (χ1n) is 14.0. The Kier molecular flexibility index (Phi) is 10.7. The van der Waals surface area contributed by atoms with Crippen molar-refractivity contribution in [1.29, 1.82) is 0 Å². The third-order valence-electron chi connectivity index (χ3n) is 7.22. The van der Waals surface area contributed by atoms with Gasteiger partial charge in [-0.15, -0.1) is 5.06 Å². The van der Waals surface area contributed by atoms with Crippen LogP contribution in [0.4, 0.5) is 10.5 Å². The first kappa shape index (κ1) is 30.7. The zero-order chi connectivity index (χ0) is 30.1. The van der Waals surface area contributed by atoms with Crippen molar-refractivity contribution in [2.24, 2.45) is 0 Å². The van der Waals surface area contributed by atoms with Crippen molar-refractivity contribution in [2.45, 2.75) is 38.3 Å². The number of pyridine rings is 1. The van der Waals surface area contributed by atoms with Crippen LogP contribution in [0, 0.1) is 0 Å². The summed E-state index contributed by atoms with van der Waals surface area (Å²) in [6, 6.07) is 12.0. The maximum Gasteiger partial charge on any atom is 0.527 e. The molecule has 2 aliphatic rings. The van der Waals surface area contributed by atoms with Crippen molar-refractivity contribution in [1.82, 2.24) is 20.3 Å². The lowest BCUT2D eigenvalue weighted by Gasteiger charge is -2.35. The number of carboxylic acids is 1. The minimum Gasteiger partial charge on any atom is -0.481 e. The number of methoxy groups -OCH3 is 1. The molecule has 13 heteroatoms. The first-order chi connectivity index (χ1) is 20.3. The van der Waals surface area contributed by atoms with Crippen molar-refractivity contribution in [2.75, 3.05) is 57.9 Å². The number of rotatable bonds is 11. The highest BCUT2D eigenvalue weighted by Crippen LogP contribution is 2.27. The van der Waals surface area contributed by atoms with Crippen LogP contribution in [-0.4, -0.2) is 109 Å². The van der Waals surface area contributed by atoms with Crippen molar-refractivity contribution < 1.29 is 38.6 Å². The minimum absolute atomic E-state index is 0.0804. The largest absolute Gasteiger partial charge is 0.527 e. The summed E-state index contributed by atoms with van der Waals surface area (Å²) in [5.41, 5.74) is 2.36. The molecule has 0 aliphatic carbocycles. The van der Waals surface area contributed by atoms with E-state index in [-0.39, 0.29) is 57.4 Å². The van der Waals surface area contributed by atoms with Gasteiger partial charge in [-0.2, -0.15) is 0 Å². The van der Waals surface area contributed by atoms with Crippen LogP contribution in [0.2, 0.25) is 0 Å². The Balaban J connectivity index is 1.51. The second-order valence-electron chi connectivity index (χ2n) is 10.0. The second kappa shape index (κ2) is 14.6. The number of anilines is 1. The Labute approximate surface area is 244 Å². The number of ether oxygens (including phenoxy) is 2. The van der Waals surface area contributed by atoms with Crippen LogP contribution in [0.25, 0.3) is 11.3 Å². The molecule has 2 amide bonds. The van der Waals surface area contributed by atoms with Gasteiger partial charge in [-0.3, -0.25) is 14.4 Å². The van der Waals surface area contributed by atoms with E-state index in [4.69, 9.17) is 14.3 Å². The number of hydrogen-bond donors (Lipinski definition) is 2. The highest BCUT2D eigenvalue weighted by Gasteiger charge is 2.31. The highest BCUT2D eigenvalue weighted by atomic mass is 16.8. The SMILES string of the molecule is CCOC(=O)ON1CCN(C(=O)[C@H](CCC(=O)O)NC(=O)c2cc(N3CC[C@H](OC)C3)cc(-c3ccccc3)n2)CC1. The van der Waals surface area contributed by atoms with Crippen LogP contribution in [0.3, 0.4) is 0 Å². The predicted octanol–water partition coefficient (Wildman–Crippen LogP) is 2.17. The summed E-state index contributed by atoms with van der Waals surface area (Å²) in [5.74, 6) is -2.07. The number of hydrogen-bond acceptors (Lipinski definition) is 10. The molecule has 2 N–H and O–H groups in total. The van der Waals surface area contributed by atoms with E-state index in [1.807, 2.05) is 36.4 Å². The lowest BCUT2D eigenvalue weighted by Crippen LogP contribution is -2.55. The van der Waals surface area contributed by atoms with E-state index in [0.717, 1.165) is 24.2 Å². The van der Waals surface area contributed by atoms with Crippen LogP contribution in [0.1, 0.15) is 36.7 Å². The van der Waals surface area contributed by atoms with Crippen LogP contribution in [-0.2, 0) is 23.9 Å². The molecule has 2 aliphatic heterocycles. The van der Waals surface area contributed by atoms with E-state index in [9.17, 15) is 24.3 Å². The van der Waals surface area contributed by atoms with E-state index in [0.29, 0.717) is 12.2 Å². The van der Waals surface area contributed by atoms with Gasteiger partial charge in [0.05, 0.1) is 31.5 Å². The van der Waals surface area contributed by atoms with Crippen molar-refractivity contribution in [3.63, 3.8) is 0 Å². The first-order valence-corrected chi connectivity index (χ1v) is 14.0. The van der Waals surface area contributed by atoms with Gasteiger partial charge >= 0.3 is 12.1 Å². The molecule has 0 spiro atoms. The molecule has 42 heavy (non-hydrogen) atoms. The van der Waals surface area contributed by atoms with E-state index in [2.05, 4.69) is 15.2 Å². The topological polar surface area (TPSA) is 151 Å². The molecule has 13 nitrogen and oxygen atoms in total. The molecule has 3 heterocycles. The van der Waals surface area contributed by atoms with Crippen molar-refractivity contribution in [3.8, 4) is 11.3 Å². The Morgan fingerprint density at radius 3 is 2.45 bits per heavy atom. The molecule has 0 unspecified atom stereocenters. The van der Waals surface area contributed by atoms with Gasteiger partial charge < -0.3 is 34.5 Å². The van der Waals surface area contributed by atoms with Crippen molar-refractivity contribution in [3.05, 3.63) is 48.2 Å². The highest BCUT2D eigenvalue weighted by molar-refractivity contribution is 5.97. The van der Waals surface area contributed by atoms with E-state index in [1.54, 1.807) is 20.1 Å². The molecule has 2 fully saturated rings. The normalized spacial score (nSPS) is 17.9. The third-order valence-corrected chi connectivity index (χ3v) is 7.22. The molecule has 2 atom stereocenters. The fourth-order valence-corrected chi connectivity index (χ4v) is 4.95. The smallest absolute Gasteiger partial charge is 0.481 e. The molecular weight excluding hydrogens is 546 g/mol. The Morgan fingerprint density at radius 1 is 1.07 bits per heavy atom. The Hall–Kier alpha value is -4.23. The van der Waals surface area contributed by atoms with Gasteiger partial charge in [0.25, 0.3) is 5.91 Å². The van der Waals surface area contributed by atoms with Gasteiger partial charge in [0.15, 0.2) is 0 Å². The van der Waals surface area contributed by atoms with Crippen LogP contribution in [0.5, 0.6) is 0 Å². The average molecular weight is 584 g/mol. The second-order valence-corrected chi connectivity index (χ2v) is 10.0. The molecule has 0 bridgehead atoms. The molecule has 4 rings (SSSR count). The maximum atomic E-state index is 13.6. The lowest BCUT2D eigenvalue weighted by atomic mass is 10.1. The van der Waals surface area contributed by atoms with Gasteiger partial charge in [0, 0.05) is 51.0 Å². The fourth-order valence-electron chi connectivity index (χ4n) is 4.95. The molecule has 1 aromatic heterocycles. The van der Waals surface area contributed by atoms with Crippen LogP contribution < -0.4 is 10.2 Å². The number of hydroxylamine groups is 2. The number of carbonyl (C=O) groups is 4. The average Bonchev–Trinajstić information content (AvgIpc) is 3.49.